The summed E-state index contributed by atoms with van der Waals surface area (Å²) in [6.45, 7) is 5.00. The SMILES string of the molecule is CCCn1ncnc1CC(NC)c1ccc(C)o1. The predicted octanol–water partition coefficient (Wildman–Crippen LogP) is 2.09. The quantitative estimate of drug-likeness (QED) is 0.850. The van der Waals surface area contributed by atoms with Gasteiger partial charge in [0.05, 0.1) is 6.04 Å². The van der Waals surface area contributed by atoms with Gasteiger partial charge in [0.2, 0.25) is 0 Å². The molecular weight excluding hydrogens is 228 g/mol. The Morgan fingerprint density at radius 1 is 1.44 bits per heavy atom. The minimum absolute atomic E-state index is 0.138. The number of nitrogens with one attached hydrogen (secondary N) is 1. The van der Waals surface area contributed by atoms with Crippen LogP contribution in [0.5, 0.6) is 0 Å². The van der Waals surface area contributed by atoms with E-state index in [1.807, 2.05) is 30.8 Å². The number of nitrogens with zero attached hydrogens (tertiary/aromatic N) is 3. The lowest BCUT2D eigenvalue weighted by atomic mass is 10.1. The molecule has 0 fully saturated rings. The molecule has 0 amide bonds. The molecule has 98 valence electrons. The third-order valence-electron chi connectivity index (χ3n) is 2.97. The van der Waals surface area contributed by atoms with Crippen LogP contribution in [0.2, 0.25) is 0 Å². The molecular formula is C13H20N4O. The van der Waals surface area contributed by atoms with Crippen molar-refractivity contribution in [3.8, 4) is 0 Å². The van der Waals surface area contributed by atoms with E-state index in [4.69, 9.17) is 4.42 Å². The predicted molar refractivity (Wildman–Crippen MR) is 69.3 cm³/mol. The summed E-state index contributed by atoms with van der Waals surface area (Å²) < 4.78 is 7.62. The van der Waals surface area contributed by atoms with Crippen LogP contribution in [0, 0.1) is 6.92 Å². The van der Waals surface area contributed by atoms with Crippen molar-refractivity contribution < 1.29 is 4.42 Å². The Balaban J connectivity index is 2.12. The van der Waals surface area contributed by atoms with Gasteiger partial charge < -0.3 is 9.73 Å². The van der Waals surface area contributed by atoms with Gasteiger partial charge in [0, 0.05) is 13.0 Å². The molecule has 2 aromatic heterocycles. The molecule has 18 heavy (non-hydrogen) atoms. The second-order valence-electron chi connectivity index (χ2n) is 4.39. The van der Waals surface area contributed by atoms with E-state index >= 15 is 0 Å². The molecule has 0 saturated carbocycles. The van der Waals surface area contributed by atoms with E-state index in [0.717, 1.165) is 36.7 Å². The highest BCUT2D eigenvalue weighted by Gasteiger charge is 2.16. The van der Waals surface area contributed by atoms with Gasteiger partial charge in [-0.2, -0.15) is 5.10 Å². The minimum Gasteiger partial charge on any atom is -0.465 e. The van der Waals surface area contributed by atoms with Crippen molar-refractivity contribution in [3.63, 3.8) is 0 Å². The molecule has 5 heteroatoms. The molecule has 0 aliphatic heterocycles. The minimum atomic E-state index is 0.138. The molecule has 2 rings (SSSR count). The van der Waals surface area contributed by atoms with E-state index in [2.05, 4.69) is 22.3 Å². The van der Waals surface area contributed by atoms with Crippen molar-refractivity contribution in [2.24, 2.45) is 0 Å². The number of hydrogen-bond acceptors (Lipinski definition) is 4. The summed E-state index contributed by atoms with van der Waals surface area (Å²) in [4.78, 5) is 4.33. The number of likely N-dealkylation sites (N-methyl/N-ethyl adjacent to an activating group) is 1. The van der Waals surface area contributed by atoms with Crippen LogP contribution in [0.25, 0.3) is 0 Å². The monoisotopic (exact) mass is 248 g/mol. The summed E-state index contributed by atoms with van der Waals surface area (Å²) in [5.74, 6) is 2.87. The fourth-order valence-electron chi connectivity index (χ4n) is 2.01. The first-order valence-electron chi connectivity index (χ1n) is 6.35. The Hall–Kier alpha value is -1.62. The van der Waals surface area contributed by atoms with Gasteiger partial charge in [-0.3, -0.25) is 4.68 Å². The van der Waals surface area contributed by atoms with Crippen molar-refractivity contribution >= 4 is 0 Å². The summed E-state index contributed by atoms with van der Waals surface area (Å²) in [6, 6.07) is 4.13. The van der Waals surface area contributed by atoms with Crippen LogP contribution in [-0.4, -0.2) is 21.8 Å². The summed E-state index contributed by atoms with van der Waals surface area (Å²) in [7, 11) is 1.93. The van der Waals surface area contributed by atoms with Gasteiger partial charge in [0.1, 0.15) is 23.7 Å². The first-order chi connectivity index (χ1) is 8.74. The van der Waals surface area contributed by atoms with Crippen LogP contribution < -0.4 is 5.32 Å². The number of aryl methyl sites for hydroxylation is 2. The van der Waals surface area contributed by atoms with Gasteiger partial charge in [-0.15, -0.1) is 0 Å². The fourth-order valence-corrected chi connectivity index (χ4v) is 2.01. The molecule has 1 atom stereocenters. The van der Waals surface area contributed by atoms with E-state index in [9.17, 15) is 0 Å². The van der Waals surface area contributed by atoms with Gasteiger partial charge >= 0.3 is 0 Å². The highest BCUT2D eigenvalue weighted by atomic mass is 16.3. The van der Waals surface area contributed by atoms with Crippen molar-refractivity contribution in [1.29, 1.82) is 0 Å². The Labute approximate surface area is 107 Å². The highest BCUT2D eigenvalue weighted by Crippen LogP contribution is 2.19. The van der Waals surface area contributed by atoms with Crippen molar-refractivity contribution in [1.82, 2.24) is 20.1 Å². The first-order valence-corrected chi connectivity index (χ1v) is 6.35. The third kappa shape index (κ3) is 2.79. The largest absolute Gasteiger partial charge is 0.465 e. The molecule has 0 aliphatic carbocycles. The Kier molecular flexibility index (Phi) is 4.15. The highest BCUT2D eigenvalue weighted by molar-refractivity contribution is 5.11. The van der Waals surface area contributed by atoms with E-state index in [1.165, 1.54) is 0 Å². The third-order valence-corrected chi connectivity index (χ3v) is 2.97. The molecule has 0 bridgehead atoms. The van der Waals surface area contributed by atoms with E-state index < -0.39 is 0 Å². The van der Waals surface area contributed by atoms with Gasteiger partial charge in [0.25, 0.3) is 0 Å². The van der Waals surface area contributed by atoms with Crippen LogP contribution in [0.3, 0.4) is 0 Å². The van der Waals surface area contributed by atoms with Crippen molar-refractivity contribution in [3.05, 3.63) is 35.8 Å². The van der Waals surface area contributed by atoms with Gasteiger partial charge in [0.15, 0.2) is 0 Å². The Morgan fingerprint density at radius 2 is 2.28 bits per heavy atom. The smallest absolute Gasteiger partial charge is 0.138 e. The average molecular weight is 248 g/mol. The summed E-state index contributed by atoms with van der Waals surface area (Å²) in [5, 5.41) is 7.50. The maximum absolute atomic E-state index is 5.67. The standard InChI is InChI=1S/C13H20N4O/c1-4-7-17-13(15-9-16-17)8-11(14-3)12-6-5-10(2)18-12/h5-6,9,11,14H,4,7-8H2,1-3H3. The first kappa shape index (κ1) is 12.8. The van der Waals surface area contributed by atoms with Crippen LogP contribution in [-0.2, 0) is 13.0 Å². The number of furan rings is 1. The van der Waals surface area contributed by atoms with Crippen LogP contribution >= 0.6 is 0 Å². The molecule has 5 nitrogen and oxygen atoms in total. The topological polar surface area (TPSA) is 55.9 Å². The summed E-state index contributed by atoms with van der Waals surface area (Å²) in [5.41, 5.74) is 0. The maximum atomic E-state index is 5.67. The second kappa shape index (κ2) is 5.82. The summed E-state index contributed by atoms with van der Waals surface area (Å²) >= 11 is 0. The molecule has 0 saturated heterocycles. The van der Waals surface area contributed by atoms with Crippen molar-refractivity contribution in [2.45, 2.75) is 39.3 Å². The molecule has 2 aromatic rings. The molecule has 0 aliphatic rings. The van der Waals surface area contributed by atoms with Gasteiger partial charge in [-0.25, -0.2) is 4.98 Å². The number of rotatable bonds is 6. The van der Waals surface area contributed by atoms with Crippen molar-refractivity contribution in [2.75, 3.05) is 7.05 Å². The normalized spacial score (nSPS) is 12.8. The van der Waals surface area contributed by atoms with Crippen LogP contribution in [0.1, 0.15) is 36.7 Å². The average Bonchev–Trinajstić information content (AvgIpc) is 2.96. The Morgan fingerprint density at radius 3 is 2.89 bits per heavy atom. The van der Waals surface area contributed by atoms with Crippen LogP contribution in [0.15, 0.2) is 22.9 Å². The molecule has 0 aromatic carbocycles. The zero-order valence-corrected chi connectivity index (χ0v) is 11.2. The number of aromatic nitrogens is 3. The van der Waals surface area contributed by atoms with E-state index in [0.29, 0.717) is 0 Å². The fraction of sp³-hybridized carbons (Fsp3) is 0.538. The second-order valence-corrected chi connectivity index (χ2v) is 4.39. The van der Waals surface area contributed by atoms with Crippen LogP contribution in [0.4, 0.5) is 0 Å². The zero-order chi connectivity index (χ0) is 13.0. The lowest BCUT2D eigenvalue weighted by molar-refractivity contribution is 0.404. The molecule has 0 radical (unpaired) electrons. The molecule has 1 unspecified atom stereocenters. The molecule has 0 spiro atoms. The zero-order valence-electron chi connectivity index (χ0n) is 11.2. The van der Waals surface area contributed by atoms with E-state index in [-0.39, 0.29) is 6.04 Å². The number of hydrogen-bond donors (Lipinski definition) is 1. The Bertz CT molecular complexity index is 489. The maximum Gasteiger partial charge on any atom is 0.138 e. The lowest BCUT2D eigenvalue weighted by Crippen LogP contribution is -2.20. The van der Waals surface area contributed by atoms with Gasteiger partial charge in [-0.1, -0.05) is 6.92 Å². The molecule has 1 N–H and O–H groups in total. The molecule has 2 heterocycles. The lowest BCUT2D eigenvalue weighted by Gasteiger charge is -2.13. The van der Waals surface area contributed by atoms with Gasteiger partial charge in [-0.05, 0) is 32.5 Å². The summed E-state index contributed by atoms with van der Waals surface area (Å²) in [6.07, 6.45) is 3.45. The van der Waals surface area contributed by atoms with E-state index in [1.54, 1.807) is 6.33 Å².